The number of ether oxygens (including phenoxy) is 2. The summed E-state index contributed by atoms with van der Waals surface area (Å²) in [4.78, 5) is 10.4. The molecule has 0 aromatic heterocycles. The topological polar surface area (TPSA) is 47.6 Å². The third-order valence-electron chi connectivity index (χ3n) is 1.39. The quantitative estimate of drug-likeness (QED) is 0.592. The van der Waals surface area contributed by atoms with E-state index in [1.807, 2.05) is 0 Å². The van der Waals surface area contributed by atoms with Crippen LogP contribution in [0.5, 0.6) is 0 Å². The second kappa shape index (κ2) is 8.83. The van der Waals surface area contributed by atoms with Gasteiger partial charge >= 0.3 is 6.43 Å². The summed E-state index contributed by atoms with van der Waals surface area (Å²) in [6.07, 6.45) is -2.42. The average Bonchev–Trinajstić information content (AvgIpc) is 2.16. The molecule has 0 aliphatic carbocycles. The smallest absolute Gasteiger partial charge is 0.315 e. The van der Waals surface area contributed by atoms with Gasteiger partial charge in [-0.15, -0.1) is 0 Å². The first-order valence-corrected chi connectivity index (χ1v) is 4.31. The number of halogens is 2. The molecular formula is C8H15F2NO3. The van der Waals surface area contributed by atoms with E-state index in [0.29, 0.717) is 26.2 Å². The minimum absolute atomic E-state index is 0.205. The van der Waals surface area contributed by atoms with E-state index in [9.17, 15) is 13.6 Å². The van der Waals surface area contributed by atoms with Crippen molar-refractivity contribution in [2.75, 3.05) is 33.5 Å². The van der Waals surface area contributed by atoms with Crippen LogP contribution in [0, 0.1) is 0 Å². The molecule has 0 aromatic rings. The van der Waals surface area contributed by atoms with Gasteiger partial charge < -0.3 is 14.8 Å². The van der Waals surface area contributed by atoms with E-state index in [1.54, 1.807) is 7.11 Å². The highest BCUT2D eigenvalue weighted by atomic mass is 19.3. The molecule has 0 saturated carbocycles. The van der Waals surface area contributed by atoms with Crippen LogP contribution in [-0.4, -0.2) is 45.8 Å². The van der Waals surface area contributed by atoms with Gasteiger partial charge in [0.05, 0.1) is 13.2 Å². The van der Waals surface area contributed by atoms with E-state index in [-0.39, 0.29) is 6.54 Å². The van der Waals surface area contributed by atoms with E-state index in [0.717, 1.165) is 0 Å². The van der Waals surface area contributed by atoms with Crippen molar-refractivity contribution in [2.24, 2.45) is 0 Å². The lowest BCUT2D eigenvalue weighted by molar-refractivity contribution is -0.131. The highest BCUT2D eigenvalue weighted by molar-refractivity contribution is 5.78. The van der Waals surface area contributed by atoms with E-state index in [1.165, 1.54) is 0 Å². The van der Waals surface area contributed by atoms with Gasteiger partial charge in [0.15, 0.2) is 0 Å². The van der Waals surface area contributed by atoms with Gasteiger partial charge in [-0.05, 0) is 6.42 Å². The third-order valence-corrected chi connectivity index (χ3v) is 1.39. The van der Waals surface area contributed by atoms with Gasteiger partial charge in [-0.2, -0.15) is 8.78 Å². The van der Waals surface area contributed by atoms with Crippen LogP contribution in [0.2, 0.25) is 0 Å². The van der Waals surface area contributed by atoms with Crippen molar-refractivity contribution < 1.29 is 23.0 Å². The molecule has 0 spiro atoms. The number of alkyl halides is 2. The predicted octanol–water partition coefficient (Wildman–Crippen LogP) is 0.421. The van der Waals surface area contributed by atoms with Crippen LogP contribution in [0.3, 0.4) is 0 Å². The molecule has 0 unspecified atom stereocenters. The van der Waals surface area contributed by atoms with Crippen LogP contribution in [0.1, 0.15) is 6.42 Å². The number of amides is 1. The molecule has 0 aromatic carbocycles. The number of hydrogen-bond acceptors (Lipinski definition) is 3. The lowest BCUT2D eigenvalue weighted by Crippen LogP contribution is -2.30. The maximum Gasteiger partial charge on any atom is 0.315 e. The van der Waals surface area contributed by atoms with Crippen molar-refractivity contribution in [1.82, 2.24) is 5.32 Å². The van der Waals surface area contributed by atoms with E-state index in [4.69, 9.17) is 9.47 Å². The van der Waals surface area contributed by atoms with Gasteiger partial charge in [-0.1, -0.05) is 0 Å². The number of rotatable bonds is 8. The molecule has 0 radical (unpaired) electrons. The molecule has 6 heteroatoms. The molecule has 0 bridgehead atoms. The van der Waals surface area contributed by atoms with Gasteiger partial charge in [-0.25, -0.2) is 0 Å². The number of hydrogen-bond donors (Lipinski definition) is 1. The molecule has 0 rings (SSSR count). The van der Waals surface area contributed by atoms with Gasteiger partial charge in [0, 0.05) is 20.3 Å². The largest absolute Gasteiger partial charge is 0.382 e. The standard InChI is InChI=1S/C8H15F2NO3/c1-13-5-6-14-4-2-3-11-8(12)7(9)10/h7H,2-6H2,1H3,(H,11,12). The summed E-state index contributed by atoms with van der Waals surface area (Å²) in [5.41, 5.74) is 0. The molecule has 1 N–H and O–H groups in total. The first-order chi connectivity index (χ1) is 6.68. The Morgan fingerprint density at radius 2 is 2.07 bits per heavy atom. The van der Waals surface area contributed by atoms with Crippen LogP contribution in [0.25, 0.3) is 0 Å². The molecule has 0 fully saturated rings. The molecule has 0 heterocycles. The molecule has 0 saturated heterocycles. The zero-order valence-corrected chi connectivity index (χ0v) is 8.09. The van der Waals surface area contributed by atoms with Gasteiger partial charge in [0.2, 0.25) is 0 Å². The number of nitrogens with one attached hydrogen (secondary N) is 1. The van der Waals surface area contributed by atoms with Gasteiger partial charge in [0.1, 0.15) is 0 Å². The lowest BCUT2D eigenvalue weighted by Gasteiger charge is -2.05. The molecule has 4 nitrogen and oxygen atoms in total. The maximum absolute atomic E-state index is 11.6. The predicted molar refractivity (Wildman–Crippen MR) is 46.3 cm³/mol. The van der Waals surface area contributed by atoms with E-state index >= 15 is 0 Å². The first kappa shape index (κ1) is 13.2. The lowest BCUT2D eigenvalue weighted by atomic mass is 10.4. The van der Waals surface area contributed by atoms with Crippen molar-refractivity contribution in [3.63, 3.8) is 0 Å². The summed E-state index contributed by atoms with van der Waals surface area (Å²) < 4.78 is 33.1. The maximum atomic E-state index is 11.6. The summed E-state index contributed by atoms with van der Waals surface area (Å²) in [6, 6.07) is 0. The average molecular weight is 211 g/mol. The van der Waals surface area contributed by atoms with E-state index < -0.39 is 12.3 Å². The normalized spacial score (nSPS) is 10.6. The molecule has 1 amide bonds. The molecule has 0 aliphatic heterocycles. The third kappa shape index (κ3) is 7.88. The van der Waals surface area contributed by atoms with Crippen LogP contribution in [-0.2, 0) is 14.3 Å². The first-order valence-electron chi connectivity index (χ1n) is 4.31. The van der Waals surface area contributed by atoms with Gasteiger partial charge in [0.25, 0.3) is 5.91 Å². The summed E-state index contributed by atoms with van der Waals surface area (Å²) in [6.45, 7) is 1.60. The van der Waals surface area contributed by atoms with Crippen LogP contribution >= 0.6 is 0 Å². The van der Waals surface area contributed by atoms with Crippen LogP contribution in [0.15, 0.2) is 0 Å². The fourth-order valence-electron chi connectivity index (χ4n) is 0.707. The Labute approximate surface area is 81.6 Å². The van der Waals surface area contributed by atoms with Crippen molar-refractivity contribution in [2.45, 2.75) is 12.8 Å². The number of methoxy groups -OCH3 is 1. The summed E-state index contributed by atoms with van der Waals surface area (Å²) in [7, 11) is 1.56. The van der Waals surface area contributed by atoms with Crippen LogP contribution < -0.4 is 5.32 Å². The molecular weight excluding hydrogens is 196 g/mol. The molecule has 14 heavy (non-hydrogen) atoms. The Bertz CT molecular complexity index is 156. The number of carbonyl (C=O) groups excluding carboxylic acids is 1. The number of carbonyl (C=O) groups is 1. The zero-order valence-electron chi connectivity index (χ0n) is 8.09. The second-order valence-corrected chi connectivity index (χ2v) is 2.55. The Balaban J connectivity index is 3.10. The molecule has 84 valence electrons. The fourth-order valence-corrected chi connectivity index (χ4v) is 0.707. The summed E-state index contributed by atoms with van der Waals surface area (Å²) in [5.74, 6) is -1.23. The van der Waals surface area contributed by atoms with Crippen LogP contribution in [0.4, 0.5) is 8.78 Å². The summed E-state index contributed by atoms with van der Waals surface area (Å²) in [5, 5.41) is 2.07. The molecule has 0 aliphatic rings. The fraction of sp³-hybridized carbons (Fsp3) is 0.875. The van der Waals surface area contributed by atoms with E-state index in [2.05, 4.69) is 5.32 Å². The highest BCUT2D eigenvalue weighted by Crippen LogP contribution is 1.90. The van der Waals surface area contributed by atoms with Crippen molar-refractivity contribution in [3.05, 3.63) is 0 Å². The summed E-state index contributed by atoms with van der Waals surface area (Å²) >= 11 is 0. The molecule has 0 atom stereocenters. The Kier molecular flexibility index (Phi) is 8.36. The Morgan fingerprint density at radius 1 is 1.36 bits per heavy atom. The Hall–Kier alpha value is -0.750. The van der Waals surface area contributed by atoms with Gasteiger partial charge in [-0.3, -0.25) is 4.79 Å². The second-order valence-electron chi connectivity index (χ2n) is 2.55. The minimum Gasteiger partial charge on any atom is -0.382 e. The minimum atomic E-state index is -2.94. The van der Waals surface area contributed by atoms with Crippen molar-refractivity contribution in [1.29, 1.82) is 0 Å². The SMILES string of the molecule is COCCOCCCNC(=O)C(F)F. The van der Waals surface area contributed by atoms with Crippen molar-refractivity contribution >= 4 is 5.91 Å². The van der Waals surface area contributed by atoms with Crippen molar-refractivity contribution in [3.8, 4) is 0 Å². The monoisotopic (exact) mass is 211 g/mol. The Morgan fingerprint density at radius 3 is 2.64 bits per heavy atom. The zero-order chi connectivity index (χ0) is 10.8. The highest BCUT2D eigenvalue weighted by Gasteiger charge is 2.13.